The average molecular weight is 492 g/mol. The van der Waals surface area contributed by atoms with Crippen LogP contribution < -0.4 is 10.2 Å². The zero-order valence-electron chi connectivity index (χ0n) is 19.5. The lowest BCUT2D eigenvalue weighted by Crippen LogP contribution is -2.42. The van der Waals surface area contributed by atoms with Gasteiger partial charge >= 0.3 is 0 Å². The number of nitrogens with zero attached hydrogens (tertiary/aromatic N) is 2. The maximum absolute atomic E-state index is 13.5. The van der Waals surface area contributed by atoms with E-state index < -0.39 is 21.7 Å². The second-order valence-electron chi connectivity index (χ2n) is 9.70. The van der Waals surface area contributed by atoms with Crippen LogP contribution in [0.3, 0.4) is 0 Å². The summed E-state index contributed by atoms with van der Waals surface area (Å²) in [4.78, 5) is 14.8. The highest BCUT2D eigenvalue weighted by Crippen LogP contribution is 2.27. The minimum atomic E-state index is -3.59. The van der Waals surface area contributed by atoms with Crippen LogP contribution in [0.15, 0.2) is 47.4 Å². The zero-order chi connectivity index (χ0) is 24.5. The summed E-state index contributed by atoms with van der Waals surface area (Å²) in [6.45, 7) is 6.93. The minimum Gasteiger partial charge on any atom is -0.371 e. The van der Waals surface area contributed by atoms with Crippen LogP contribution in [0.4, 0.5) is 14.5 Å². The molecule has 2 heterocycles. The number of rotatable bonds is 6. The first-order valence-corrected chi connectivity index (χ1v) is 13.2. The Morgan fingerprint density at radius 1 is 1.00 bits per heavy atom. The van der Waals surface area contributed by atoms with Crippen molar-refractivity contribution in [3.8, 4) is 0 Å². The molecule has 0 spiro atoms. The molecule has 2 aromatic carbocycles. The van der Waals surface area contributed by atoms with E-state index >= 15 is 0 Å². The number of carbonyl (C=O) groups is 1. The van der Waals surface area contributed by atoms with Gasteiger partial charge in [-0.2, -0.15) is 4.31 Å². The van der Waals surface area contributed by atoms with Crippen LogP contribution in [0.5, 0.6) is 0 Å². The minimum absolute atomic E-state index is 0.180. The van der Waals surface area contributed by atoms with E-state index in [4.69, 9.17) is 0 Å². The maximum atomic E-state index is 13.5. The second-order valence-corrected chi connectivity index (χ2v) is 11.6. The molecule has 34 heavy (non-hydrogen) atoms. The van der Waals surface area contributed by atoms with Gasteiger partial charge in [-0.25, -0.2) is 17.2 Å². The first-order valence-electron chi connectivity index (χ1n) is 11.7. The van der Waals surface area contributed by atoms with Gasteiger partial charge in [0.05, 0.1) is 4.90 Å². The molecular weight excluding hydrogens is 460 g/mol. The third kappa shape index (κ3) is 5.41. The second kappa shape index (κ2) is 10.00. The third-order valence-corrected chi connectivity index (χ3v) is 8.54. The lowest BCUT2D eigenvalue weighted by atomic mass is 9.94. The van der Waals surface area contributed by atoms with E-state index in [1.807, 2.05) is 4.90 Å². The summed E-state index contributed by atoms with van der Waals surface area (Å²) in [6, 6.07) is 9.94. The lowest BCUT2D eigenvalue weighted by Gasteiger charge is -2.34. The first kappa shape index (κ1) is 24.6. The van der Waals surface area contributed by atoms with Crippen molar-refractivity contribution >= 4 is 21.6 Å². The molecule has 184 valence electrons. The van der Waals surface area contributed by atoms with Gasteiger partial charge in [-0.05, 0) is 67.0 Å². The number of benzene rings is 2. The molecule has 2 saturated heterocycles. The zero-order valence-corrected chi connectivity index (χ0v) is 20.3. The van der Waals surface area contributed by atoms with E-state index in [2.05, 4.69) is 19.2 Å². The van der Waals surface area contributed by atoms with Gasteiger partial charge < -0.3 is 10.2 Å². The molecule has 0 bridgehead atoms. The molecule has 0 radical (unpaired) electrons. The van der Waals surface area contributed by atoms with Crippen LogP contribution in [0.25, 0.3) is 0 Å². The summed E-state index contributed by atoms with van der Waals surface area (Å²) in [5.74, 6) is -1.20. The van der Waals surface area contributed by atoms with E-state index in [0.29, 0.717) is 55.8 Å². The molecule has 3 unspecified atom stereocenters. The summed E-state index contributed by atoms with van der Waals surface area (Å²) >= 11 is 0. The van der Waals surface area contributed by atoms with Gasteiger partial charge in [0.25, 0.3) is 5.91 Å². The highest BCUT2D eigenvalue weighted by molar-refractivity contribution is 7.89. The summed E-state index contributed by atoms with van der Waals surface area (Å²) in [7, 11) is -3.59. The van der Waals surface area contributed by atoms with E-state index in [-0.39, 0.29) is 16.7 Å². The summed E-state index contributed by atoms with van der Waals surface area (Å²) in [5, 5.41) is 2.91. The van der Waals surface area contributed by atoms with Gasteiger partial charge in [0.2, 0.25) is 10.0 Å². The molecule has 2 fully saturated rings. The van der Waals surface area contributed by atoms with Crippen LogP contribution in [0.1, 0.15) is 37.0 Å². The molecule has 1 amide bonds. The van der Waals surface area contributed by atoms with Crippen molar-refractivity contribution in [3.05, 3.63) is 59.7 Å². The molecule has 2 aliphatic heterocycles. The number of sulfonamides is 1. The Morgan fingerprint density at radius 2 is 1.68 bits per heavy atom. The Kier molecular flexibility index (Phi) is 7.23. The van der Waals surface area contributed by atoms with E-state index in [1.54, 1.807) is 22.5 Å². The molecule has 0 aromatic heterocycles. The van der Waals surface area contributed by atoms with E-state index in [0.717, 1.165) is 18.9 Å². The predicted molar refractivity (Wildman–Crippen MR) is 127 cm³/mol. The van der Waals surface area contributed by atoms with Crippen molar-refractivity contribution in [2.45, 2.75) is 31.6 Å². The molecular formula is C25H31F2N3O3S. The van der Waals surface area contributed by atoms with Crippen LogP contribution >= 0.6 is 0 Å². The van der Waals surface area contributed by atoms with Crippen molar-refractivity contribution < 1.29 is 22.0 Å². The predicted octanol–water partition coefficient (Wildman–Crippen LogP) is 3.89. The Balaban J connectivity index is 1.32. The Labute approximate surface area is 200 Å². The highest BCUT2D eigenvalue weighted by atomic mass is 32.2. The van der Waals surface area contributed by atoms with Crippen LogP contribution in [-0.4, -0.2) is 51.4 Å². The topological polar surface area (TPSA) is 69.7 Å². The van der Waals surface area contributed by atoms with Gasteiger partial charge in [-0.15, -0.1) is 0 Å². The standard InChI is InChI=1S/C25H31F2N3O3S/c1-17-11-18(2)15-30(14-17)34(32,33)22-6-3-20(4-7-22)25(31)28-13-19-9-10-29(16-19)21-5-8-23(26)24(27)12-21/h3-8,12,17-19H,9-11,13-16H2,1-2H3,(H,28,31). The molecule has 0 aliphatic carbocycles. The molecule has 2 aliphatic rings. The van der Waals surface area contributed by atoms with Crippen molar-refractivity contribution in [2.24, 2.45) is 17.8 Å². The van der Waals surface area contributed by atoms with E-state index in [9.17, 15) is 22.0 Å². The highest BCUT2D eigenvalue weighted by Gasteiger charge is 2.31. The monoisotopic (exact) mass is 491 g/mol. The summed E-state index contributed by atoms with van der Waals surface area (Å²) in [5.41, 5.74) is 1.02. The SMILES string of the molecule is CC1CC(C)CN(S(=O)(=O)c2ccc(C(=O)NCC3CCN(c4ccc(F)c(F)c4)C3)cc2)C1. The van der Waals surface area contributed by atoms with Gasteiger partial charge in [0, 0.05) is 50.0 Å². The number of anilines is 1. The Morgan fingerprint density at radius 3 is 2.32 bits per heavy atom. The van der Waals surface area contributed by atoms with Gasteiger partial charge in [0.15, 0.2) is 11.6 Å². The number of nitrogens with one attached hydrogen (secondary N) is 1. The number of amides is 1. The van der Waals surface area contributed by atoms with Gasteiger partial charge in [-0.3, -0.25) is 4.79 Å². The lowest BCUT2D eigenvalue weighted by molar-refractivity contribution is 0.0948. The van der Waals surface area contributed by atoms with Crippen LogP contribution in [0, 0.1) is 29.4 Å². The van der Waals surface area contributed by atoms with Gasteiger partial charge in [-0.1, -0.05) is 13.8 Å². The average Bonchev–Trinajstić information content (AvgIpc) is 3.28. The fourth-order valence-electron chi connectivity index (χ4n) is 4.98. The molecule has 0 saturated carbocycles. The number of halogens is 2. The summed E-state index contributed by atoms with van der Waals surface area (Å²) < 4.78 is 54.3. The molecule has 6 nitrogen and oxygen atoms in total. The van der Waals surface area contributed by atoms with E-state index in [1.165, 1.54) is 18.2 Å². The van der Waals surface area contributed by atoms with Crippen molar-refractivity contribution in [2.75, 3.05) is 37.6 Å². The molecule has 9 heteroatoms. The molecule has 1 N–H and O–H groups in total. The molecule has 2 aromatic rings. The van der Waals surface area contributed by atoms with Crippen LogP contribution in [0.2, 0.25) is 0 Å². The van der Waals surface area contributed by atoms with Gasteiger partial charge in [0.1, 0.15) is 0 Å². The maximum Gasteiger partial charge on any atom is 0.251 e. The smallest absolute Gasteiger partial charge is 0.251 e. The Bertz CT molecular complexity index is 1130. The molecule has 4 rings (SSSR count). The van der Waals surface area contributed by atoms with Crippen molar-refractivity contribution in [3.63, 3.8) is 0 Å². The first-order chi connectivity index (χ1) is 16.1. The van der Waals surface area contributed by atoms with Crippen LogP contribution in [-0.2, 0) is 10.0 Å². The Hall–Kier alpha value is -2.52. The van der Waals surface area contributed by atoms with Crippen molar-refractivity contribution in [1.29, 1.82) is 0 Å². The molecule has 3 atom stereocenters. The normalized spacial score (nSPS) is 23.8. The fraction of sp³-hybridized carbons (Fsp3) is 0.480. The number of carbonyl (C=O) groups excluding carboxylic acids is 1. The summed E-state index contributed by atoms with van der Waals surface area (Å²) in [6.07, 6.45) is 1.84. The number of hydrogen-bond acceptors (Lipinski definition) is 4. The number of hydrogen-bond donors (Lipinski definition) is 1. The fourth-order valence-corrected chi connectivity index (χ4v) is 6.66. The number of piperidine rings is 1. The third-order valence-electron chi connectivity index (χ3n) is 6.70. The quantitative estimate of drug-likeness (QED) is 0.666. The largest absolute Gasteiger partial charge is 0.371 e. The van der Waals surface area contributed by atoms with Crippen molar-refractivity contribution in [1.82, 2.24) is 9.62 Å².